The number of carbonyl (C=O) groups is 3. The third kappa shape index (κ3) is 7.33. The highest BCUT2D eigenvalue weighted by molar-refractivity contribution is 7.80. The molecule has 7 heteroatoms. The summed E-state index contributed by atoms with van der Waals surface area (Å²) in [5.41, 5.74) is 7.46. The van der Waals surface area contributed by atoms with Crippen molar-refractivity contribution in [2.45, 2.75) is 66.0 Å². The molecule has 0 radical (unpaired) electrons. The van der Waals surface area contributed by atoms with Crippen molar-refractivity contribution in [3.63, 3.8) is 0 Å². The van der Waals surface area contributed by atoms with Gasteiger partial charge in [-0.2, -0.15) is 0 Å². The number of nitrogens with zero attached hydrogens (tertiary/aromatic N) is 1. The zero-order valence-corrected chi connectivity index (χ0v) is 18.7. The van der Waals surface area contributed by atoms with Gasteiger partial charge >= 0.3 is 5.97 Å². The van der Waals surface area contributed by atoms with E-state index in [0.29, 0.717) is 16.8 Å². The molecule has 160 valence electrons. The monoisotopic (exact) mass is 420 g/mol. The second-order valence-electron chi connectivity index (χ2n) is 8.21. The summed E-state index contributed by atoms with van der Waals surface area (Å²) in [6.45, 7) is 9.28. The van der Waals surface area contributed by atoms with Crippen LogP contribution in [0.15, 0.2) is 24.3 Å². The molecule has 0 aromatic heterocycles. The summed E-state index contributed by atoms with van der Waals surface area (Å²) in [5, 5.41) is 9.91. The maximum absolute atomic E-state index is 13.0. The van der Waals surface area contributed by atoms with Gasteiger partial charge in [-0.05, 0) is 36.3 Å². The molecule has 3 N–H and O–H groups in total. The van der Waals surface area contributed by atoms with Gasteiger partial charge < -0.3 is 10.8 Å². The predicted octanol–water partition coefficient (Wildman–Crippen LogP) is 3.19. The molecule has 0 aliphatic rings. The Morgan fingerprint density at radius 2 is 1.69 bits per heavy atom. The van der Waals surface area contributed by atoms with E-state index in [1.54, 1.807) is 19.1 Å². The van der Waals surface area contributed by atoms with Crippen LogP contribution in [0.25, 0.3) is 0 Å². The van der Waals surface area contributed by atoms with Crippen LogP contribution in [0, 0.1) is 11.8 Å². The maximum atomic E-state index is 13.0. The van der Waals surface area contributed by atoms with E-state index in [0.717, 1.165) is 10.5 Å². The van der Waals surface area contributed by atoms with Gasteiger partial charge in [0.15, 0.2) is 0 Å². The fourth-order valence-corrected chi connectivity index (χ4v) is 3.42. The average Bonchev–Trinajstić information content (AvgIpc) is 2.59. The number of thiocarbonyl (C=S) groups is 1. The van der Waals surface area contributed by atoms with E-state index in [1.807, 2.05) is 39.8 Å². The summed E-state index contributed by atoms with van der Waals surface area (Å²) < 4.78 is 0. The first-order valence-corrected chi connectivity index (χ1v) is 10.3. The summed E-state index contributed by atoms with van der Waals surface area (Å²) in [5.74, 6) is -2.30. The van der Waals surface area contributed by atoms with Gasteiger partial charge in [-0.25, -0.2) is 4.79 Å². The largest absolute Gasteiger partial charge is 0.480 e. The number of nitrogens with two attached hydrogens (primary N) is 1. The lowest BCUT2D eigenvalue weighted by Crippen LogP contribution is -2.55. The normalized spacial score (nSPS) is 13.2. The molecule has 1 aromatic carbocycles. The van der Waals surface area contributed by atoms with Crippen LogP contribution in [-0.4, -0.2) is 44.7 Å². The minimum absolute atomic E-state index is 0.0240. The molecule has 0 saturated carbocycles. The summed E-state index contributed by atoms with van der Waals surface area (Å²) in [6, 6.07) is 4.89. The van der Waals surface area contributed by atoms with Crippen LogP contribution in [0.3, 0.4) is 0 Å². The van der Waals surface area contributed by atoms with Gasteiger partial charge in [0.25, 0.3) is 0 Å². The van der Waals surface area contributed by atoms with E-state index in [-0.39, 0.29) is 24.7 Å². The lowest BCUT2D eigenvalue weighted by molar-refractivity contribution is -0.159. The Kier molecular flexibility index (Phi) is 9.59. The van der Waals surface area contributed by atoms with Crippen LogP contribution < -0.4 is 5.73 Å². The molecular formula is C22H32N2O4S. The highest BCUT2D eigenvalue weighted by atomic mass is 32.1. The molecule has 0 bridgehead atoms. The number of carboxylic acid groups (broad SMARTS) is 1. The number of hydrogen-bond donors (Lipinski definition) is 2. The Morgan fingerprint density at radius 1 is 1.10 bits per heavy atom. The van der Waals surface area contributed by atoms with Gasteiger partial charge in [-0.3, -0.25) is 14.5 Å². The van der Waals surface area contributed by atoms with Crippen LogP contribution in [0.2, 0.25) is 0 Å². The Hall–Kier alpha value is -2.12. The smallest absolute Gasteiger partial charge is 0.327 e. The van der Waals surface area contributed by atoms with Crippen molar-refractivity contribution >= 4 is 34.9 Å². The van der Waals surface area contributed by atoms with Crippen molar-refractivity contribution in [3.05, 3.63) is 35.4 Å². The van der Waals surface area contributed by atoms with Gasteiger partial charge in [-0.1, -0.05) is 64.2 Å². The topological polar surface area (TPSA) is 101 Å². The second-order valence-corrected chi connectivity index (χ2v) is 8.82. The summed E-state index contributed by atoms with van der Waals surface area (Å²) in [4.78, 5) is 39.6. The fourth-order valence-electron chi connectivity index (χ4n) is 3.22. The van der Waals surface area contributed by atoms with E-state index in [2.05, 4.69) is 0 Å². The molecule has 29 heavy (non-hydrogen) atoms. The third-order valence-corrected chi connectivity index (χ3v) is 4.76. The predicted molar refractivity (Wildman–Crippen MR) is 118 cm³/mol. The highest BCUT2D eigenvalue weighted by Gasteiger charge is 2.37. The number of amides is 2. The van der Waals surface area contributed by atoms with E-state index in [4.69, 9.17) is 18.0 Å². The van der Waals surface area contributed by atoms with Crippen LogP contribution in [0.1, 0.15) is 58.6 Å². The Balaban J connectivity index is 3.36. The zero-order chi connectivity index (χ0) is 22.3. The summed E-state index contributed by atoms with van der Waals surface area (Å²) in [7, 11) is 0. The number of aliphatic carboxylic acids is 1. The number of benzene rings is 1. The van der Waals surface area contributed by atoms with E-state index >= 15 is 0 Å². The van der Waals surface area contributed by atoms with Crippen molar-refractivity contribution < 1.29 is 19.5 Å². The van der Waals surface area contributed by atoms with E-state index in [1.165, 1.54) is 0 Å². The van der Waals surface area contributed by atoms with Crippen molar-refractivity contribution in [3.8, 4) is 0 Å². The van der Waals surface area contributed by atoms with Gasteiger partial charge in [0.2, 0.25) is 11.8 Å². The van der Waals surface area contributed by atoms with Crippen molar-refractivity contribution in [1.29, 1.82) is 0 Å². The Bertz CT molecular complexity index is 761. The van der Waals surface area contributed by atoms with Crippen LogP contribution in [0.5, 0.6) is 0 Å². The molecule has 0 spiro atoms. The second kappa shape index (κ2) is 11.2. The molecule has 0 fully saturated rings. The quantitative estimate of drug-likeness (QED) is 0.445. The molecule has 2 unspecified atom stereocenters. The molecule has 0 aliphatic carbocycles. The number of hydrogen-bond acceptors (Lipinski definition) is 5. The highest BCUT2D eigenvalue weighted by Crippen LogP contribution is 2.19. The molecule has 2 atom stereocenters. The first-order chi connectivity index (χ1) is 13.5. The van der Waals surface area contributed by atoms with Gasteiger partial charge in [0.1, 0.15) is 6.04 Å². The van der Waals surface area contributed by atoms with Crippen molar-refractivity contribution in [2.75, 3.05) is 0 Å². The molecule has 2 amide bonds. The average molecular weight is 421 g/mol. The van der Waals surface area contributed by atoms with Gasteiger partial charge in [0, 0.05) is 17.7 Å². The van der Waals surface area contributed by atoms with Crippen LogP contribution in [-0.2, 0) is 20.8 Å². The van der Waals surface area contributed by atoms with Crippen molar-refractivity contribution in [1.82, 2.24) is 4.90 Å². The minimum Gasteiger partial charge on any atom is -0.480 e. The number of imide groups is 1. The fraction of sp³-hybridized carbons (Fsp3) is 0.545. The Morgan fingerprint density at radius 3 is 2.17 bits per heavy atom. The molecule has 1 rings (SSSR count). The molecule has 6 nitrogen and oxygen atoms in total. The lowest BCUT2D eigenvalue weighted by Gasteiger charge is -2.31. The first-order valence-electron chi connectivity index (χ1n) is 9.88. The maximum Gasteiger partial charge on any atom is 0.327 e. The summed E-state index contributed by atoms with van der Waals surface area (Å²) in [6.07, 6.45) is 0.410. The van der Waals surface area contributed by atoms with E-state index < -0.39 is 29.9 Å². The van der Waals surface area contributed by atoms with Gasteiger partial charge in [0.05, 0.1) is 6.04 Å². The standard InChI is InChI=1S/C22H32N2O4S/c1-13(2)10-18(23)21(26)24(20(25)11-14(3)4)19(22(27)28)12-16-8-6-7-9-17(16)15(5)29/h6-9,13-14,18-19H,10-12,23H2,1-5H3,(H,27,28). The molecule has 0 heterocycles. The molecular weight excluding hydrogens is 388 g/mol. The minimum atomic E-state index is -1.34. The zero-order valence-electron chi connectivity index (χ0n) is 17.8. The van der Waals surface area contributed by atoms with Crippen LogP contribution >= 0.6 is 12.2 Å². The number of carboxylic acids is 1. The van der Waals surface area contributed by atoms with E-state index in [9.17, 15) is 19.5 Å². The van der Waals surface area contributed by atoms with Crippen molar-refractivity contribution in [2.24, 2.45) is 17.6 Å². The molecule has 0 saturated heterocycles. The first kappa shape index (κ1) is 24.9. The lowest BCUT2D eigenvalue weighted by atomic mass is 9.95. The summed E-state index contributed by atoms with van der Waals surface area (Å²) >= 11 is 5.27. The third-order valence-electron chi connectivity index (χ3n) is 4.54. The Labute approximate surface area is 178 Å². The molecule has 1 aromatic rings. The molecule has 0 aliphatic heterocycles. The number of carbonyl (C=O) groups excluding carboxylic acids is 2. The van der Waals surface area contributed by atoms with Gasteiger partial charge in [-0.15, -0.1) is 0 Å². The van der Waals surface area contributed by atoms with Crippen LogP contribution in [0.4, 0.5) is 0 Å². The SMILES string of the molecule is CC(=S)c1ccccc1CC(C(=O)O)N(C(=O)CC(C)C)C(=O)C(N)CC(C)C. The number of rotatable bonds is 10.